The van der Waals surface area contributed by atoms with E-state index < -0.39 is 0 Å². The highest BCUT2D eigenvalue weighted by Crippen LogP contribution is 2.40. The summed E-state index contributed by atoms with van der Waals surface area (Å²) in [4.78, 5) is 31.0. The van der Waals surface area contributed by atoms with E-state index in [2.05, 4.69) is 21.0 Å². The average Bonchev–Trinajstić information content (AvgIpc) is 3.40. The van der Waals surface area contributed by atoms with Crippen LogP contribution in [-0.2, 0) is 11.2 Å². The number of benzene rings is 2. The number of methoxy groups -OCH3 is 1. The normalized spacial score (nSPS) is 13.2. The first-order valence-electron chi connectivity index (χ1n) is 12.6. The second kappa shape index (κ2) is 14.5. The van der Waals surface area contributed by atoms with Gasteiger partial charge in [-0.25, -0.2) is 14.4 Å². The minimum Gasteiger partial charge on any atom is -0.494 e. The molecule has 5 rings (SSSR count). The quantitative estimate of drug-likeness (QED) is 0.303. The lowest BCUT2D eigenvalue weighted by atomic mass is 9.99. The van der Waals surface area contributed by atoms with Gasteiger partial charge in [0, 0.05) is 40.7 Å². The van der Waals surface area contributed by atoms with Gasteiger partial charge >= 0.3 is 0 Å². The molecule has 0 aliphatic carbocycles. The number of aromatic nitrogens is 2. The van der Waals surface area contributed by atoms with E-state index in [1.807, 2.05) is 20.0 Å². The Labute approximate surface area is 237 Å². The first-order valence-corrected chi connectivity index (χ1v) is 13.0. The van der Waals surface area contributed by atoms with Crippen molar-refractivity contribution in [3.8, 4) is 22.8 Å². The smallest absolute Gasteiger partial charge is 0.150 e. The number of likely N-dealkylation sites (N-methyl/N-ethyl adjacent to an activating group) is 1. The van der Waals surface area contributed by atoms with Crippen LogP contribution in [0.4, 0.5) is 4.39 Å². The number of aldehydes is 2. The minimum atomic E-state index is -0.293. The number of aryl methyl sites for hydroxylation is 1. The summed E-state index contributed by atoms with van der Waals surface area (Å²) in [5.74, 6) is 0.667. The van der Waals surface area contributed by atoms with E-state index in [1.165, 1.54) is 19.2 Å². The number of carbonyl (C=O) groups excluding carboxylic acids is 2. The maximum atomic E-state index is 13.1. The van der Waals surface area contributed by atoms with E-state index in [0.29, 0.717) is 34.4 Å². The van der Waals surface area contributed by atoms with Crippen LogP contribution in [0.2, 0.25) is 5.02 Å². The van der Waals surface area contributed by atoms with Crippen LogP contribution in [0, 0.1) is 12.7 Å². The van der Waals surface area contributed by atoms with Gasteiger partial charge in [-0.3, -0.25) is 4.79 Å². The van der Waals surface area contributed by atoms with E-state index in [9.17, 15) is 14.0 Å². The summed E-state index contributed by atoms with van der Waals surface area (Å²) in [6.07, 6.45) is 2.43. The van der Waals surface area contributed by atoms with E-state index in [-0.39, 0.29) is 11.7 Å². The molecule has 3 heterocycles. The van der Waals surface area contributed by atoms with Crippen molar-refractivity contribution in [3.05, 3.63) is 81.9 Å². The van der Waals surface area contributed by atoms with E-state index in [0.717, 1.165) is 59.0 Å². The fourth-order valence-electron chi connectivity index (χ4n) is 4.16. The molecule has 3 N–H and O–H groups in total. The third kappa shape index (κ3) is 6.98. The number of nitrogens with zero attached hydrogens (tertiary/aromatic N) is 2. The molecular weight excluding hydrogens is 535 g/mol. The first kappa shape index (κ1) is 30.6. The standard InChI is InChI=1S/C17H17FN2O2.C12H10ClNO2.CH5N/c1-19-7-6-14-8-15-12(9-21)10-22-17(15)16(20-14)11-2-4-13(18)5-3-11;1-7-10(13)5-9-3-8(6-15)4-11(16-2)12(9)14-7;1-2/h2-5,8-9,12,19H,6-7,10H2,1H3;3-6H,1-2H3;2H2,1H3. The van der Waals surface area contributed by atoms with Crippen molar-refractivity contribution in [1.29, 1.82) is 0 Å². The summed E-state index contributed by atoms with van der Waals surface area (Å²) < 4.78 is 24.0. The lowest BCUT2D eigenvalue weighted by Crippen LogP contribution is -2.12. The largest absolute Gasteiger partial charge is 0.494 e. The molecule has 1 aliphatic heterocycles. The molecule has 40 heavy (non-hydrogen) atoms. The second-order valence-electron chi connectivity index (χ2n) is 8.76. The molecule has 0 bridgehead atoms. The van der Waals surface area contributed by atoms with Crippen LogP contribution in [0.5, 0.6) is 11.5 Å². The highest BCUT2D eigenvalue weighted by Gasteiger charge is 2.28. The SMILES string of the molecule is CN.CNCCc1cc2c(c(-c3ccc(F)cc3)n1)OCC2C=O.COc1cc(C=O)cc2cc(Cl)c(C)nc12. The monoisotopic (exact) mass is 566 g/mol. The predicted molar refractivity (Wildman–Crippen MR) is 155 cm³/mol. The first-order chi connectivity index (χ1) is 19.4. The molecule has 1 unspecified atom stereocenters. The van der Waals surface area contributed by atoms with Crippen molar-refractivity contribution in [2.45, 2.75) is 19.3 Å². The number of nitrogens with one attached hydrogen (secondary N) is 1. The molecule has 4 aromatic rings. The van der Waals surface area contributed by atoms with Crippen LogP contribution < -0.4 is 20.5 Å². The summed E-state index contributed by atoms with van der Waals surface area (Å²) in [6, 6.07) is 13.3. The van der Waals surface area contributed by atoms with E-state index in [4.69, 9.17) is 21.1 Å². The van der Waals surface area contributed by atoms with Crippen LogP contribution in [0.25, 0.3) is 22.2 Å². The Hall–Kier alpha value is -3.92. The Bertz CT molecular complexity index is 1480. The molecule has 2 aromatic carbocycles. The Balaban J connectivity index is 0.000000217. The van der Waals surface area contributed by atoms with Crippen molar-refractivity contribution in [3.63, 3.8) is 0 Å². The van der Waals surface area contributed by atoms with Crippen molar-refractivity contribution in [1.82, 2.24) is 15.3 Å². The van der Waals surface area contributed by atoms with Gasteiger partial charge in [0.2, 0.25) is 0 Å². The van der Waals surface area contributed by atoms with Crippen molar-refractivity contribution in [2.24, 2.45) is 5.73 Å². The van der Waals surface area contributed by atoms with Gasteiger partial charge in [0.05, 0.1) is 23.7 Å². The Kier molecular flexibility index (Phi) is 11.1. The van der Waals surface area contributed by atoms with Crippen LogP contribution in [0.3, 0.4) is 0 Å². The molecule has 1 aliphatic rings. The summed E-state index contributed by atoms with van der Waals surface area (Å²) in [6.45, 7) is 2.96. The van der Waals surface area contributed by atoms with Crippen molar-refractivity contribution >= 4 is 35.1 Å². The molecule has 0 saturated heterocycles. The van der Waals surface area contributed by atoms with Gasteiger partial charge < -0.3 is 25.3 Å². The minimum absolute atomic E-state index is 0.259. The van der Waals surface area contributed by atoms with Crippen LogP contribution in [0.15, 0.2) is 48.5 Å². The van der Waals surface area contributed by atoms with Crippen LogP contribution in [-0.4, -0.2) is 56.9 Å². The lowest BCUT2D eigenvalue weighted by Gasteiger charge is -2.11. The van der Waals surface area contributed by atoms with Gasteiger partial charge in [0.1, 0.15) is 47.7 Å². The second-order valence-corrected chi connectivity index (χ2v) is 9.17. The Morgan fingerprint density at radius 3 is 2.50 bits per heavy atom. The Morgan fingerprint density at radius 2 is 1.88 bits per heavy atom. The zero-order valence-corrected chi connectivity index (χ0v) is 23.6. The third-order valence-electron chi connectivity index (χ3n) is 6.16. The number of fused-ring (bicyclic) bond motifs is 2. The summed E-state index contributed by atoms with van der Waals surface area (Å²) >= 11 is 5.99. The molecule has 8 nitrogen and oxygen atoms in total. The molecule has 2 aromatic heterocycles. The number of hydrogen-bond donors (Lipinski definition) is 2. The number of halogens is 2. The predicted octanol–water partition coefficient (Wildman–Crippen LogP) is 4.92. The fraction of sp³-hybridized carbons (Fsp3) is 0.267. The lowest BCUT2D eigenvalue weighted by molar-refractivity contribution is -0.109. The van der Waals surface area contributed by atoms with Crippen LogP contribution >= 0.6 is 11.6 Å². The Morgan fingerprint density at radius 1 is 1.15 bits per heavy atom. The number of ether oxygens (including phenoxy) is 2. The molecule has 210 valence electrons. The summed E-state index contributed by atoms with van der Waals surface area (Å²) in [5, 5.41) is 4.47. The van der Waals surface area contributed by atoms with Gasteiger partial charge in [-0.15, -0.1) is 0 Å². The van der Waals surface area contributed by atoms with E-state index in [1.54, 1.807) is 37.4 Å². The summed E-state index contributed by atoms with van der Waals surface area (Å²) in [7, 11) is 4.93. The number of nitrogens with two attached hydrogens (primary N) is 1. The highest BCUT2D eigenvalue weighted by atomic mass is 35.5. The molecule has 0 amide bonds. The molecule has 10 heteroatoms. The number of carbonyl (C=O) groups is 2. The zero-order valence-electron chi connectivity index (χ0n) is 22.8. The van der Waals surface area contributed by atoms with E-state index >= 15 is 0 Å². The topological polar surface area (TPSA) is 116 Å². The number of rotatable bonds is 7. The van der Waals surface area contributed by atoms with Gasteiger partial charge in [0.15, 0.2) is 0 Å². The van der Waals surface area contributed by atoms with Crippen molar-refractivity contribution in [2.75, 3.05) is 34.4 Å². The molecule has 0 saturated carbocycles. The van der Waals surface area contributed by atoms with Gasteiger partial charge in [-0.1, -0.05) is 11.6 Å². The molecule has 0 radical (unpaired) electrons. The number of hydrogen-bond acceptors (Lipinski definition) is 8. The zero-order chi connectivity index (χ0) is 29.2. The van der Waals surface area contributed by atoms with Crippen molar-refractivity contribution < 1.29 is 23.5 Å². The fourth-order valence-corrected chi connectivity index (χ4v) is 4.32. The third-order valence-corrected chi connectivity index (χ3v) is 6.55. The average molecular weight is 567 g/mol. The summed E-state index contributed by atoms with van der Waals surface area (Å²) in [5.41, 5.74) is 9.73. The molecule has 0 fully saturated rings. The maximum absolute atomic E-state index is 13.1. The van der Waals surface area contributed by atoms with Gasteiger partial charge in [0.25, 0.3) is 0 Å². The molecular formula is C30H32ClFN4O4. The van der Waals surface area contributed by atoms with Gasteiger partial charge in [-0.2, -0.15) is 0 Å². The number of pyridine rings is 2. The van der Waals surface area contributed by atoms with Crippen LogP contribution in [0.1, 0.15) is 33.2 Å². The highest BCUT2D eigenvalue weighted by molar-refractivity contribution is 6.31. The van der Waals surface area contributed by atoms with Gasteiger partial charge in [-0.05, 0) is 69.6 Å². The molecule has 0 spiro atoms. The molecule has 1 atom stereocenters. The maximum Gasteiger partial charge on any atom is 0.150 e.